The second-order valence-electron chi connectivity index (χ2n) is 6.77. The van der Waals surface area contributed by atoms with Crippen molar-refractivity contribution in [3.05, 3.63) is 32.6 Å². The highest BCUT2D eigenvalue weighted by Gasteiger charge is 2.48. The van der Waals surface area contributed by atoms with Gasteiger partial charge in [-0.05, 0) is 6.92 Å². The summed E-state index contributed by atoms with van der Waals surface area (Å²) in [5, 5.41) is 39.2. The van der Waals surface area contributed by atoms with Gasteiger partial charge in [-0.3, -0.25) is 14.3 Å². The molecule has 0 aromatic carbocycles. The zero-order valence-corrected chi connectivity index (χ0v) is 15.3. The highest BCUT2D eigenvalue weighted by Crippen LogP contribution is 2.31. The third-order valence-corrected chi connectivity index (χ3v) is 4.93. The number of rotatable bonds is 6. The summed E-state index contributed by atoms with van der Waals surface area (Å²) >= 11 is 0. The molecule has 0 radical (unpaired) electrons. The van der Waals surface area contributed by atoms with Crippen molar-refractivity contribution in [2.24, 2.45) is 0 Å². The van der Waals surface area contributed by atoms with Gasteiger partial charge in [0.25, 0.3) is 5.56 Å². The Balaban J connectivity index is 1.72. The van der Waals surface area contributed by atoms with Crippen LogP contribution in [0.2, 0.25) is 0 Å². The predicted octanol–water partition coefficient (Wildman–Crippen LogP) is -3.43. The zero-order chi connectivity index (χ0) is 20.6. The number of nitrogens with one attached hydrogen (secondary N) is 1. The van der Waals surface area contributed by atoms with E-state index in [0.717, 1.165) is 4.57 Å². The van der Waals surface area contributed by atoms with E-state index in [9.17, 15) is 24.9 Å². The molecule has 0 spiro atoms. The van der Waals surface area contributed by atoms with E-state index in [1.807, 2.05) is 0 Å². The molecule has 1 aromatic rings. The van der Waals surface area contributed by atoms with Crippen molar-refractivity contribution in [2.75, 3.05) is 20.3 Å². The minimum absolute atomic E-state index is 0.249. The van der Waals surface area contributed by atoms with E-state index in [1.165, 1.54) is 20.2 Å². The summed E-state index contributed by atoms with van der Waals surface area (Å²) < 4.78 is 22.7. The van der Waals surface area contributed by atoms with E-state index < -0.39 is 67.0 Å². The molecule has 1 aromatic heterocycles. The van der Waals surface area contributed by atoms with Crippen LogP contribution in [0.1, 0.15) is 11.8 Å². The molecule has 28 heavy (non-hydrogen) atoms. The lowest BCUT2D eigenvalue weighted by molar-refractivity contribution is -0.190. The maximum absolute atomic E-state index is 12.1. The summed E-state index contributed by atoms with van der Waals surface area (Å²) in [7, 11) is 1.34. The fraction of sp³-hybridized carbons (Fsp3) is 0.750. The average molecular weight is 404 g/mol. The van der Waals surface area contributed by atoms with Gasteiger partial charge in [0.1, 0.15) is 36.6 Å². The first-order valence-corrected chi connectivity index (χ1v) is 8.71. The van der Waals surface area contributed by atoms with Gasteiger partial charge in [0.15, 0.2) is 12.5 Å². The van der Waals surface area contributed by atoms with Gasteiger partial charge in [-0.1, -0.05) is 0 Å². The van der Waals surface area contributed by atoms with Crippen LogP contribution in [0.15, 0.2) is 15.8 Å². The van der Waals surface area contributed by atoms with Crippen molar-refractivity contribution in [3.63, 3.8) is 0 Å². The number of nitrogens with zero attached hydrogens (tertiary/aromatic N) is 1. The number of ether oxygens (including phenoxy) is 4. The molecule has 12 heteroatoms. The largest absolute Gasteiger partial charge is 0.394 e. The minimum Gasteiger partial charge on any atom is -0.394 e. The van der Waals surface area contributed by atoms with Gasteiger partial charge in [-0.2, -0.15) is 0 Å². The molecule has 1 unspecified atom stereocenters. The van der Waals surface area contributed by atoms with Gasteiger partial charge >= 0.3 is 5.69 Å². The average Bonchev–Trinajstić information content (AvgIpc) is 3.13. The molecule has 3 rings (SSSR count). The molecule has 3 heterocycles. The normalized spacial score (nSPS) is 38.2. The summed E-state index contributed by atoms with van der Waals surface area (Å²) in [6, 6.07) is 0. The Hall–Kier alpha value is -1.64. The third kappa shape index (κ3) is 3.77. The van der Waals surface area contributed by atoms with Crippen molar-refractivity contribution in [3.8, 4) is 0 Å². The Morgan fingerprint density at radius 3 is 2.46 bits per heavy atom. The van der Waals surface area contributed by atoms with E-state index in [2.05, 4.69) is 4.98 Å². The maximum Gasteiger partial charge on any atom is 0.330 e. The second-order valence-corrected chi connectivity index (χ2v) is 6.77. The minimum atomic E-state index is -1.38. The van der Waals surface area contributed by atoms with Crippen LogP contribution in [0.4, 0.5) is 0 Å². The number of H-pyrrole nitrogens is 1. The molecular weight excluding hydrogens is 380 g/mol. The fourth-order valence-electron chi connectivity index (χ4n) is 3.30. The Morgan fingerprint density at radius 1 is 1.14 bits per heavy atom. The molecule has 0 amide bonds. The Kier molecular flexibility index (Phi) is 6.31. The van der Waals surface area contributed by atoms with Crippen molar-refractivity contribution in [1.82, 2.24) is 9.55 Å². The fourth-order valence-corrected chi connectivity index (χ4v) is 3.30. The molecule has 2 saturated heterocycles. The summed E-state index contributed by atoms with van der Waals surface area (Å²) in [6.07, 6.45) is -7.69. The maximum atomic E-state index is 12.1. The third-order valence-electron chi connectivity index (χ3n) is 4.93. The van der Waals surface area contributed by atoms with Gasteiger partial charge < -0.3 is 39.4 Å². The lowest BCUT2D eigenvalue weighted by atomic mass is 10.1. The number of hydrogen-bond acceptors (Lipinski definition) is 10. The van der Waals surface area contributed by atoms with E-state index in [-0.39, 0.29) is 12.2 Å². The molecule has 0 aliphatic carbocycles. The van der Waals surface area contributed by atoms with Crippen molar-refractivity contribution in [1.29, 1.82) is 0 Å². The predicted molar refractivity (Wildman–Crippen MR) is 90.5 cm³/mol. The molecule has 2 aliphatic rings. The van der Waals surface area contributed by atoms with Crippen LogP contribution in [0.3, 0.4) is 0 Å². The number of aliphatic hydroxyl groups excluding tert-OH is 4. The van der Waals surface area contributed by atoms with Crippen LogP contribution in [0.5, 0.6) is 0 Å². The standard InChI is InChI=1S/C16H24N2O10/c1-6-3-18(16(24)17-13(6)23)14-12(25-2)10(21)8(27-14)5-26-15-11(22)9(20)7(4-19)28-15/h3,7-12,14-15,19-22H,4-5H2,1-2H3,(H,17,23,24)/t7-,8-,9-,10-,11-,12-,14-,15?/m1/s1. The molecule has 0 saturated carbocycles. The van der Waals surface area contributed by atoms with Crippen molar-refractivity contribution in [2.45, 2.75) is 56.1 Å². The molecule has 0 bridgehead atoms. The van der Waals surface area contributed by atoms with E-state index in [4.69, 9.17) is 24.1 Å². The topological polar surface area (TPSA) is 173 Å². The first-order valence-electron chi connectivity index (χ1n) is 8.71. The van der Waals surface area contributed by atoms with E-state index >= 15 is 0 Å². The van der Waals surface area contributed by atoms with Crippen LogP contribution < -0.4 is 11.2 Å². The quantitative estimate of drug-likeness (QED) is 0.321. The Bertz CT molecular complexity index is 794. The summed E-state index contributed by atoms with van der Waals surface area (Å²) in [5.74, 6) is 0. The molecular formula is C16H24N2O10. The molecule has 8 atom stereocenters. The summed E-state index contributed by atoms with van der Waals surface area (Å²) in [5.41, 5.74) is -0.975. The first kappa shape index (κ1) is 21.1. The molecule has 158 valence electrons. The van der Waals surface area contributed by atoms with Crippen LogP contribution in [0, 0.1) is 6.92 Å². The molecule has 5 N–H and O–H groups in total. The van der Waals surface area contributed by atoms with Crippen LogP contribution in [0.25, 0.3) is 0 Å². The number of methoxy groups -OCH3 is 1. The molecule has 2 aliphatic heterocycles. The van der Waals surface area contributed by atoms with Gasteiger partial charge in [-0.15, -0.1) is 0 Å². The van der Waals surface area contributed by atoms with Crippen molar-refractivity contribution < 1.29 is 39.4 Å². The smallest absolute Gasteiger partial charge is 0.330 e. The number of aromatic nitrogens is 2. The van der Waals surface area contributed by atoms with Gasteiger partial charge in [0.2, 0.25) is 0 Å². The lowest BCUT2D eigenvalue weighted by Gasteiger charge is -2.20. The van der Waals surface area contributed by atoms with Gasteiger partial charge in [0, 0.05) is 18.9 Å². The molecule has 12 nitrogen and oxygen atoms in total. The number of aromatic amines is 1. The monoisotopic (exact) mass is 404 g/mol. The van der Waals surface area contributed by atoms with Gasteiger partial charge in [-0.25, -0.2) is 4.79 Å². The van der Waals surface area contributed by atoms with E-state index in [0.29, 0.717) is 0 Å². The lowest BCUT2D eigenvalue weighted by Crippen LogP contribution is -2.40. The number of hydrogen-bond donors (Lipinski definition) is 5. The first-order chi connectivity index (χ1) is 13.3. The zero-order valence-electron chi connectivity index (χ0n) is 15.3. The summed E-state index contributed by atoms with van der Waals surface area (Å²) in [6.45, 7) is 0.772. The Labute approximate surface area is 158 Å². The van der Waals surface area contributed by atoms with Crippen LogP contribution in [-0.2, 0) is 18.9 Å². The Morgan fingerprint density at radius 2 is 1.86 bits per heavy atom. The number of aryl methyl sites for hydroxylation is 1. The number of aliphatic hydroxyl groups is 4. The van der Waals surface area contributed by atoms with Crippen molar-refractivity contribution >= 4 is 0 Å². The van der Waals surface area contributed by atoms with Crippen LogP contribution in [-0.4, -0.2) is 93.2 Å². The van der Waals surface area contributed by atoms with E-state index in [1.54, 1.807) is 0 Å². The van der Waals surface area contributed by atoms with Crippen LogP contribution >= 0.6 is 0 Å². The highest BCUT2D eigenvalue weighted by molar-refractivity contribution is 5.03. The summed E-state index contributed by atoms with van der Waals surface area (Å²) in [4.78, 5) is 25.8. The molecule has 2 fully saturated rings. The second kappa shape index (κ2) is 8.39. The van der Waals surface area contributed by atoms with Gasteiger partial charge in [0.05, 0.1) is 13.2 Å². The SMILES string of the molecule is CO[C@@H]1[C@H](O)[C@@H](COC2O[C@H](CO)[C@@H](O)[C@H]2O)O[C@H]1n1cc(C)c(=O)[nH]c1=O. The highest BCUT2D eigenvalue weighted by atomic mass is 16.7.